The lowest BCUT2D eigenvalue weighted by Gasteiger charge is -2.12. The molecule has 0 amide bonds. The Kier molecular flexibility index (Phi) is 4.72. The van der Waals surface area contributed by atoms with Crippen molar-refractivity contribution < 1.29 is 8.42 Å². The van der Waals surface area contributed by atoms with E-state index in [1.807, 2.05) is 24.4 Å². The average molecular weight is 248 g/mol. The Morgan fingerprint density at radius 1 is 1.60 bits per heavy atom. The summed E-state index contributed by atoms with van der Waals surface area (Å²) in [7, 11) is -3.19. The van der Waals surface area contributed by atoms with Gasteiger partial charge in [-0.3, -0.25) is 0 Å². The smallest absolute Gasteiger partial charge is 0.212 e. The van der Waals surface area contributed by atoms with E-state index >= 15 is 0 Å². The molecule has 1 heterocycles. The Balaban J connectivity index is 2.54. The molecule has 6 heteroatoms. The summed E-state index contributed by atoms with van der Waals surface area (Å²) in [5, 5.41) is 1.93. The minimum Gasteiger partial charge on any atom is -0.330 e. The molecule has 86 valence electrons. The monoisotopic (exact) mass is 248 g/mol. The molecule has 0 fully saturated rings. The van der Waals surface area contributed by atoms with Crippen molar-refractivity contribution in [1.82, 2.24) is 4.72 Å². The third-order valence-electron chi connectivity index (χ3n) is 1.94. The molecular formula is C9H16N2O2S2. The average Bonchev–Trinajstić information content (AvgIpc) is 2.67. The summed E-state index contributed by atoms with van der Waals surface area (Å²) in [6.45, 7) is 2.24. The van der Waals surface area contributed by atoms with Crippen molar-refractivity contribution in [3.8, 4) is 0 Å². The third-order valence-corrected chi connectivity index (χ3v) is 4.54. The van der Waals surface area contributed by atoms with Gasteiger partial charge in [-0.15, -0.1) is 11.3 Å². The zero-order valence-electron chi connectivity index (χ0n) is 8.64. The summed E-state index contributed by atoms with van der Waals surface area (Å²) < 4.78 is 25.7. The van der Waals surface area contributed by atoms with Crippen LogP contribution in [-0.4, -0.2) is 20.7 Å². The van der Waals surface area contributed by atoms with Crippen LogP contribution in [0.4, 0.5) is 0 Å². The van der Waals surface area contributed by atoms with Gasteiger partial charge in [0.15, 0.2) is 0 Å². The third kappa shape index (κ3) is 4.29. The lowest BCUT2D eigenvalue weighted by Crippen LogP contribution is -2.29. The first-order valence-corrected chi connectivity index (χ1v) is 7.32. The summed E-state index contributed by atoms with van der Waals surface area (Å²) >= 11 is 1.54. The lowest BCUT2D eigenvalue weighted by molar-refractivity contribution is 0.566. The molecule has 3 N–H and O–H groups in total. The Hall–Kier alpha value is -0.430. The highest BCUT2D eigenvalue weighted by atomic mass is 32.2. The van der Waals surface area contributed by atoms with E-state index in [1.54, 1.807) is 11.3 Å². The fraction of sp³-hybridized carbons (Fsp3) is 0.556. The Morgan fingerprint density at radius 2 is 2.33 bits per heavy atom. The van der Waals surface area contributed by atoms with Crippen molar-refractivity contribution in [3.05, 3.63) is 22.4 Å². The van der Waals surface area contributed by atoms with Crippen molar-refractivity contribution in [1.29, 1.82) is 0 Å². The quantitative estimate of drug-likeness (QED) is 0.791. The number of rotatable bonds is 6. The van der Waals surface area contributed by atoms with Crippen LogP contribution in [-0.2, 0) is 10.0 Å². The second-order valence-corrected chi connectivity index (χ2v) is 6.17. The molecule has 0 spiro atoms. The van der Waals surface area contributed by atoms with Gasteiger partial charge in [0.05, 0.1) is 11.8 Å². The largest absolute Gasteiger partial charge is 0.330 e. The molecule has 0 bridgehead atoms. The van der Waals surface area contributed by atoms with E-state index in [0.29, 0.717) is 13.0 Å². The molecule has 0 saturated heterocycles. The second-order valence-electron chi connectivity index (χ2n) is 3.32. The minimum absolute atomic E-state index is 0.0964. The molecule has 0 aliphatic rings. The van der Waals surface area contributed by atoms with E-state index in [-0.39, 0.29) is 11.8 Å². The topological polar surface area (TPSA) is 72.2 Å². The van der Waals surface area contributed by atoms with Gasteiger partial charge in [0.25, 0.3) is 0 Å². The molecule has 0 aliphatic carbocycles. The van der Waals surface area contributed by atoms with E-state index in [9.17, 15) is 8.42 Å². The van der Waals surface area contributed by atoms with Crippen LogP contribution in [0.1, 0.15) is 24.3 Å². The normalized spacial score (nSPS) is 14.0. The summed E-state index contributed by atoms with van der Waals surface area (Å²) in [6, 6.07) is 3.67. The number of nitrogens with one attached hydrogen (secondary N) is 1. The van der Waals surface area contributed by atoms with Crippen LogP contribution in [0.5, 0.6) is 0 Å². The molecule has 0 aromatic carbocycles. The van der Waals surface area contributed by atoms with Gasteiger partial charge in [-0.25, -0.2) is 13.1 Å². The Morgan fingerprint density at radius 3 is 2.87 bits per heavy atom. The van der Waals surface area contributed by atoms with Gasteiger partial charge in [-0.1, -0.05) is 6.07 Å². The van der Waals surface area contributed by atoms with E-state index in [0.717, 1.165) is 4.88 Å². The van der Waals surface area contributed by atoms with E-state index in [4.69, 9.17) is 5.73 Å². The number of nitrogens with two attached hydrogens (primary N) is 1. The maximum absolute atomic E-state index is 11.5. The van der Waals surface area contributed by atoms with Crippen LogP contribution >= 0.6 is 11.3 Å². The molecule has 1 aromatic rings. The fourth-order valence-corrected chi connectivity index (χ4v) is 3.34. The summed E-state index contributed by atoms with van der Waals surface area (Å²) in [5.74, 6) is 0.0964. The molecular weight excluding hydrogens is 232 g/mol. The predicted octanol–water partition coefficient (Wildman–Crippen LogP) is 1.08. The first kappa shape index (κ1) is 12.6. The van der Waals surface area contributed by atoms with Crippen molar-refractivity contribution in [2.45, 2.75) is 19.4 Å². The maximum Gasteiger partial charge on any atom is 0.212 e. The SMILES string of the molecule is CC(NS(=O)(=O)CCCN)c1cccs1. The number of sulfonamides is 1. The van der Waals surface area contributed by atoms with Crippen molar-refractivity contribution >= 4 is 21.4 Å². The van der Waals surface area contributed by atoms with Gasteiger partial charge in [-0.05, 0) is 31.3 Å². The van der Waals surface area contributed by atoms with Gasteiger partial charge in [0, 0.05) is 4.88 Å². The number of thiophene rings is 1. The summed E-state index contributed by atoms with van der Waals surface area (Å²) in [5.41, 5.74) is 5.27. The summed E-state index contributed by atoms with van der Waals surface area (Å²) in [4.78, 5) is 1.02. The van der Waals surface area contributed by atoms with Crippen molar-refractivity contribution in [2.24, 2.45) is 5.73 Å². The van der Waals surface area contributed by atoms with E-state index < -0.39 is 10.0 Å². The number of hydrogen-bond acceptors (Lipinski definition) is 4. The Labute approximate surface area is 94.5 Å². The van der Waals surface area contributed by atoms with Gasteiger partial charge >= 0.3 is 0 Å². The lowest BCUT2D eigenvalue weighted by atomic mass is 10.3. The predicted molar refractivity (Wildman–Crippen MR) is 63.3 cm³/mol. The molecule has 1 unspecified atom stereocenters. The fourth-order valence-electron chi connectivity index (χ4n) is 1.20. The van der Waals surface area contributed by atoms with E-state index in [1.165, 1.54) is 0 Å². The van der Waals surface area contributed by atoms with Crippen LogP contribution in [0.2, 0.25) is 0 Å². The molecule has 0 saturated carbocycles. The highest BCUT2D eigenvalue weighted by Gasteiger charge is 2.15. The Bertz CT molecular complexity index is 373. The van der Waals surface area contributed by atoms with Crippen LogP contribution in [0.15, 0.2) is 17.5 Å². The number of hydrogen-bond donors (Lipinski definition) is 2. The van der Waals surface area contributed by atoms with Gasteiger partial charge in [0.2, 0.25) is 10.0 Å². The zero-order valence-corrected chi connectivity index (χ0v) is 10.3. The van der Waals surface area contributed by atoms with Crippen LogP contribution in [0, 0.1) is 0 Å². The van der Waals surface area contributed by atoms with Crippen LogP contribution < -0.4 is 10.5 Å². The van der Waals surface area contributed by atoms with Crippen molar-refractivity contribution in [2.75, 3.05) is 12.3 Å². The maximum atomic E-state index is 11.5. The first-order valence-electron chi connectivity index (χ1n) is 4.78. The zero-order chi connectivity index (χ0) is 11.3. The van der Waals surface area contributed by atoms with Gasteiger partial charge < -0.3 is 5.73 Å². The molecule has 0 aliphatic heterocycles. The second kappa shape index (κ2) is 5.60. The van der Waals surface area contributed by atoms with Crippen LogP contribution in [0.3, 0.4) is 0 Å². The highest BCUT2D eigenvalue weighted by molar-refractivity contribution is 7.89. The first-order chi connectivity index (χ1) is 7.05. The van der Waals surface area contributed by atoms with Crippen LogP contribution in [0.25, 0.3) is 0 Å². The molecule has 1 rings (SSSR count). The summed E-state index contributed by atoms with van der Waals surface area (Å²) in [6.07, 6.45) is 0.493. The highest BCUT2D eigenvalue weighted by Crippen LogP contribution is 2.18. The van der Waals surface area contributed by atoms with Crippen molar-refractivity contribution in [3.63, 3.8) is 0 Å². The molecule has 0 radical (unpaired) electrons. The standard InChI is InChI=1S/C9H16N2O2S2/c1-8(9-4-2-6-14-9)11-15(12,13)7-3-5-10/h2,4,6,8,11H,3,5,7,10H2,1H3. The van der Waals surface area contributed by atoms with Gasteiger partial charge in [0.1, 0.15) is 0 Å². The molecule has 15 heavy (non-hydrogen) atoms. The molecule has 1 atom stereocenters. The van der Waals surface area contributed by atoms with Gasteiger partial charge in [-0.2, -0.15) is 0 Å². The van der Waals surface area contributed by atoms with E-state index in [2.05, 4.69) is 4.72 Å². The molecule has 1 aromatic heterocycles. The minimum atomic E-state index is -3.19. The molecule has 4 nitrogen and oxygen atoms in total.